The first-order chi connectivity index (χ1) is 18.1. The molecule has 2 fully saturated rings. The summed E-state index contributed by atoms with van der Waals surface area (Å²) >= 11 is 0. The molecule has 0 radical (unpaired) electrons. The van der Waals surface area contributed by atoms with E-state index in [-0.39, 0.29) is 28.6 Å². The molecule has 3 aromatic rings. The number of fused-ring (bicyclic) bond motifs is 1. The first kappa shape index (κ1) is 25.7. The van der Waals surface area contributed by atoms with Crippen molar-refractivity contribution in [1.82, 2.24) is 24.4 Å². The Kier molecular flexibility index (Phi) is 6.81. The predicted octanol–water partition coefficient (Wildman–Crippen LogP) is 0.245. The van der Waals surface area contributed by atoms with E-state index in [1.165, 1.54) is 21.9 Å². The number of likely N-dealkylation sites (tertiary alicyclic amines) is 1. The molecule has 2 aromatic heterocycles. The van der Waals surface area contributed by atoms with Crippen LogP contribution in [0.3, 0.4) is 0 Å². The number of nitrogens with two attached hydrogens (primary N) is 2. The van der Waals surface area contributed by atoms with Gasteiger partial charge in [0, 0.05) is 25.6 Å². The largest absolute Gasteiger partial charge is 0.415 e. The van der Waals surface area contributed by atoms with Gasteiger partial charge in [0.25, 0.3) is 0 Å². The number of anilines is 1. The Morgan fingerprint density at radius 2 is 1.87 bits per heavy atom. The molecule has 0 aliphatic carbocycles. The second-order valence-corrected chi connectivity index (χ2v) is 9.26. The van der Waals surface area contributed by atoms with Crippen LogP contribution in [0, 0.1) is 17.6 Å². The number of nitrogen functional groups attached to an aromatic ring is 1. The fraction of sp³-hybridized carbons (Fsp3) is 0.435. The number of aliphatic hydroxyl groups is 2. The third-order valence-electron chi connectivity index (χ3n) is 6.73. The lowest BCUT2D eigenvalue weighted by Gasteiger charge is -2.31. The molecule has 13 nitrogen and oxygen atoms in total. The summed E-state index contributed by atoms with van der Waals surface area (Å²) < 4.78 is 38.5. The minimum atomic E-state index is -1.52. The molecule has 0 bridgehead atoms. The van der Waals surface area contributed by atoms with E-state index in [4.69, 9.17) is 20.9 Å². The van der Waals surface area contributed by atoms with Crippen LogP contribution in [-0.4, -0.2) is 78.0 Å². The molecule has 1 aromatic carbocycles. The molecule has 2 amide bonds. The fourth-order valence-electron chi connectivity index (χ4n) is 4.67. The average Bonchev–Trinajstić information content (AvgIpc) is 3.43. The van der Waals surface area contributed by atoms with Crippen molar-refractivity contribution in [2.75, 3.05) is 18.8 Å². The molecule has 0 saturated carbocycles. The van der Waals surface area contributed by atoms with Crippen LogP contribution in [-0.2, 0) is 16.0 Å². The molecule has 4 atom stereocenters. The van der Waals surface area contributed by atoms with Crippen molar-refractivity contribution in [2.45, 2.75) is 43.8 Å². The van der Waals surface area contributed by atoms with E-state index in [1.807, 2.05) is 0 Å². The van der Waals surface area contributed by atoms with Gasteiger partial charge in [-0.15, -0.1) is 0 Å². The third kappa shape index (κ3) is 4.82. The minimum Gasteiger partial charge on any atom is -0.410 e. The quantitative estimate of drug-likeness (QED) is 0.353. The molecule has 202 valence electrons. The van der Waals surface area contributed by atoms with E-state index in [1.54, 1.807) is 0 Å². The summed E-state index contributed by atoms with van der Waals surface area (Å²) in [5.74, 6) is -2.53. The number of imidazole rings is 1. The number of nitrogens with zero attached hydrogens (tertiary/aromatic N) is 5. The Labute approximate surface area is 214 Å². The van der Waals surface area contributed by atoms with Gasteiger partial charge in [0.05, 0.1) is 6.33 Å². The summed E-state index contributed by atoms with van der Waals surface area (Å²) in [6.07, 6.45) is -3.25. The van der Waals surface area contributed by atoms with Gasteiger partial charge in [0.1, 0.15) is 29.3 Å². The molecule has 2 unspecified atom stereocenters. The summed E-state index contributed by atoms with van der Waals surface area (Å²) in [6.45, 7) is 0.745. The number of amides is 2. The highest BCUT2D eigenvalue weighted by atomic mass is 19.2. The maximum Gasteiger partial charge on any atom is 0.415 e. The zero-order valence-electron chi connectivity index (χ0n) is 19.9. The summed E-state index contributed by atoms with van der Waals surface area (Å²) in [7, 11) is 0. The van der Waals surface area contributed by atoms with Crippen molar-refractivity contribution >= 4 is 29.0 Å². The number of hydrogen-bond acceptors (Lipinski definition) is 10. The fourth-order valence-corrected chi connectivity index (χ4v) is 4.67. The molecule has 2 aliphatic heterocycles. The molecular formula is C23H25F2N7O6. The van der Waals surface area contributed by atoms with Gasteiger partial charge in [-0.1, -0.05) is 0 Å². The van der Waals surface area contributed by atoms with Gasteiger partial charge < -0.3 is 36.1 Å². The number of primary amides is 1. The Bertz CT molecular complexity index is 1380. The van der Waals surface area contributed by atoms with Gasteiger partial charge in [-0.05, 0) is 30.9 Å². The third-order valence-corrected chi connectivity index (χ3v) is 6.73. The SMILES string of the molecule is NC(=O)[C@H]1O[C@@H](n2cnc3c(N)nc(CC4CCN(C(=O)Oc5ccc(F)c(F)c5)CC4)nc32)C(O)C1O. The minimum absolute atomic E-state index is 0.0872. The Hall–Kier alpha value is -3.95. The molecular weight excluding hydrogens is 508 g/mol. The number of aromatic nitrogens is 4. The number of aliphatic hydroxyl groups excluding tert-OH is 2. The van der Waals surface area contributed by atoms with E-state index in [0.29, 0.717) is 38.2 Å². The Balaban J connectivity index is 1.25. The zero-order chi connectivity index (χ0) is 27.1. The van der Waals surface area contributed by atoms with E-state index in [0.717, 1.165) is 12.1 Å². The lowest BCUT2D eigenvalue weighted by Crippen LogP contribution is -2.40. The monoisotopic (exact) mass is 533 g/mol. The molecule has 6 N–H and O–H groups in total. The van der Waals surface area contributed by atoms with Crippen LogP contribution >= 0.6 is 0 Å². The number of ether oxygens (including phenoxy) is 2. The van der Waals surface area contributed by atoms with E-state index in [9.17, 15) is 28.6 Å². The van der Waals surface area contributed by atoms with Crippen molar-refractivity contribution in [3.8, 4) is 5.75 Å². The highest BCUT2D eigenvalue weighted by Crippen LogP contribution is 2.32. The lowest BCUT2D eigenvalue weighted by molar-refractivity contribution is -0.134. The van der Waals surface area contributed by atoms with Crippen LogP contribution in [0.2, 0.25) is 0 Å². The molecule has 0 spiro atoms. The predicted molar refractivity (Wildman–Crippen MR) is 125 cm³/mol. The van der Waals surface area contributed by atoms with Gasteiger partial charge >= 0.3 is 6.09 Å². The number of carbonyl (C=O) groups is 2. The van der Waals surface area contributed by atoms with Gasteiger partial charge in [-0.3, -0.25) is 9.36 Å². The van der Waals surface area contributed by atoms with E-state index < -0.39 is 48.2 Å². The molecule has 15 heteroatoms. The summed E-state index contributed by atoms with van der Waals surface area (Å²) in [5, 5.41) is 20.5. The van der Waals surface area contributed by atoms with Gasteiger partial charge in [0.2, 0.25) is 5.91 Å². The van der Waals surface area contributed by atoms with Crippen molar-refractivity contribution in [1.29, 1.82) is 0 Å². The van der Waals surface area contributed by atoms with Crippen molar-refractivity contribution in [2.24, 2.45) is 11.7 Å². The van der Waals surface area contributed by atoms with Crippen LogP contribution in [0.1, 0.15) is 24.9 Å². The average molecular weight is 533 g/mol. The molecule has 5 rings (SSSR count). The Morgan fingerprint density at radius 3 is 2.53 bits per heavy atom. The summed E-state index contributed by atoms with van der Waals surface area (Å²) in [6, 6.07) is 2.87. The number of piperidine rings is 1. The smallest absolute Gasteiger partial charge is 0.410 e. The summed E-state index contributed by atoms with van der Waals surface area (Å²) in [4.78, 5) is 38.5. The number of rotatable bonds is 5. The lowest BCUT2D eigenvalue weighted by atomic mass is 9.93. The van der Waals surface area contributed by atoms with Crippen molar-refractivity contribution in [3.63, 3.8) is 0 Å². The topological polar surface area (TPSA) is 192 Å². The molecule has 4 heterocycles. The number of carbonyl (C=O) groups excluding carboxylic acids is 2. The number of halogens is 2. The standard InChI is InChI=1S/C23H25F2N7O6/c24-12-2-1-11(8-13(12)25)37-23(36)31-5-3-10(4-6-31)7-14-29-19(26)15-21(30-14)32(9-28-15)22-17(34)16(33)18(38-22)20(27)35/h1-2,8-10,16-18,22,33-34H,3-7H2,(H2,27,35)(H2,26,29,30)/t16?,17?,18-,22+/m0/s1. The maximum atomic E-state index is 13.4. The second-order valence-electron chi connectivity index (χ2n) is 9.26. The van der Waals surface area contributed by atoms with Crippen LogP contribution in [0.5, 0.6) is 5.75 Å². The maximum absolute atomic E-state index is 13.4. The second kappa shape index (κ2) is 10.1. The van der Waals surface area contributed by atoms with Gasteiger partial charge in [0.15, 0.2) is 35.4 Å². The first-order valence-electron chi connectivity index (χ1n) is 11.8. The molecule has 2 aliphatic rings. The van der Waals surface area contributed by atoms with Crippen LogP contribution < -0.4 is 16.2 Å². The van der Waals surface area contributed by atoms with Gasteiger partial charge in [-0.2, -0.15) is 0 Å². The van der Waals surface area contributed by atoms with Crippen molar-refractivity contribution in [3.05, 3.63) is 42.0 Å². The number of benzene rings is 1. The molecule has 2 saturated heterocycles. The van der Waals surface area contributed by atoms with Gasteiger partial charge in [-0.25, -0.2) is 28.5 Å². The normalized spacial score (nSPS) is 24.2. The zero-order valence-corrected chi connectivity index (χ0v) is 19.9. The highest BCUT2D eigenvalue weighted by molar-refractivity contribution is 5.82. The first-order valence-corrected chi connectivity index (χ1v) is 11.8. The highest BCUT2D eigenvalue weighted by Gasteiger charge is 2.47. The van der Waals surface area contributed by atoms with E-state index in [2.05, 4.69) is 15.0 Å². The summed E-state index contributed by atoms with van der Waals surface area (Å²) in [5.41, 5.74) is 11.8. The van der Waals surface area contributed by atoms with Crippen LogP contribution in [0.4, 0.5) is 19.4 Å². The number of hydrogen-bond donors (Lipinski definition) is 4. The van der Waals surface area contributed by atoms with Crippen LogP contribution in [0.15, 0.2) is 24.5 Å². The molecule has 38 heavy (non-hydrogen) atoms. The Morgan fingerprint density at radius 1 is 1.13 bits per heavy atom. The van der Waals surface area contributed by atoms with Crippen LogP contribution in [0.25, 0.3) is 11.2 Å². The van der Waals surface area contributed by atoms with E-state index >= 15 is 0 Å². The van der Waals surface area contributed by atoms with Crippen molar-refractivity contribution < 1.29 is 38.1 Å².